The number of esters is 1. The van der Waals surface area contributed by atoms with Crippen LogP contribution in [-0.4, -0.2) is 38.2 Å². The summed E-state index contributed by atoms with van der Waals surface area (Å²) in [5.41, 5.74) is 0.212. The van der Waals surface area contributed by atoms with Crippen LogP contribution in [0.3, 0.4) is 0 Å². The molecular weight excluding hydrogens is 300 g/mol. The largest absolute Gasteiger partial charge is 0.483 e. The molecule has 7 heteroatoms. The second kappa shape index (κ2) is 9.45. The Kier molecular flexibility index (Phi) is 7.59. The first kappa shape index (κ1) is 18.5. The fourth-order valence-corrected chi connectivity index (χ4v) is 1.70. The minimum atomic E-state index is -0.605. The molecule has 1 rings (SSSR count). The lowest BCUT2D eigenvalue weighted by Gasteiger charge is -2.11. The van der Waals surface area contributed by atoms with Gasteiger partial charge in [0.25, 0.3) is 5.91 Å². The lowest BCUT2D eigenvalue weighted by Crippen LogP contribution is -2.42. The SMILES string of the molecule is COC(=O)c1ccccc1OCC(=O)NC(=O)NCCC(C)C. The van der Waals surface area contributed by atoms with Gasteiger partial charge < -0.3 is 14.8 Å². The molecule has 0 saturated heterocycles. The number of nitrogens with one attached hydrogen (secondary N) is 2. The van der Waals surface area contributed by atoms with Gasteiger partial charge in [-0.25, -0.2) is 9.59 Å². The number of imide groups is 1. The topological polar surface area (TPSA) is 93.7 Å². The molecular formula is C16H22N2O5. The molecule has 3 amide bonds. The molecule has 126 valence electrons. The fraction of sp³-hybridized carbons (Fsp3) is 0.438. The van der Waals surface area contributed by atoms with Crippen molar-refractivity contribution in [2.75, 3.05) is 20.3 Å². The quantitative estimate of drug-likeness (QED) is 0.746. The summed E-state index contributed by atoms with van der Waals surface area (Å²) in [6, 6.07) is 5.82. The number of para-hydroxylation sites is 1. The van der Waals surface area contributed by atoms with E-state index in [-0.39, 0.29) is 17.9 Å². The van der Waals surface area contributed by atoms with E-state index in [9.17, 15) is 14.4 Å². The maximum absolute atomic E-state index is 11.7. The minimum Gasteiger partial charge on any atom is -0.483 e. The molecule has 2 N–H and O–H groups in total. The molecule has 0 aromatic heterocycles. The summed E-state index contributed by atoms with van der Waals surface area (Å²) in [6.45, 7) is 4.18. The number of hydrogen-bond acceptors (Lipinski definition) is 5. The van der Waals surface area contributed by atoms with Gasteiger partial charge in [0.05, 0.1) is 7.11 Å². The van der Waals surface area contributed by atoms with Crippen LogP contribution in [0.1, 0.15) is 30.6 Å². The van der Waals surface area contributed by atoms with E-state index in [0.29, 0.717) is 12.5 Å². The van der Waals surface area contributed by atoms with Gasteiger partial charge in [-0.3, -0.25) is 10.1 Å². The number of methoxy groups -OCH3 is 1. The smallest absolute Gasteiger partial charge is 0.341 e. The molecule has 23 heavy (non-hydrogen) atoms. The van der Waals surface area contributed by atoms with Gasteiger partial charge in [0.15, 0.2) is 6.61 Å². The van der Waals surface area contributed by atoms with Crippen LogP contribution in [-0.2, 0) is 9.53 Å². The van der Waals surface area contributed by atoms with Crippen molar-refractivity contribution in [1.82, 2.24) is 10.6 Å². The first-order valence-corrected chi connectivity index (χ1v) is 7.31. The highest BCUT2D eigenvalue weighted by molar-refractivity contribution is 5.95. The Bertz CT molecular complexity index is 557. The summed E-state index contributed by atoms with van der Waals surface area (Å²) in [4.78, 5) is 34.7. The zero-order valence-corrected chi connectivity index (χ0v) is 13.5. The summed E-state index contributed by atoms with van der Waals surface area (Å²) < 4.78 is 9.90. The average Bonchev–Trinajstić information content (AvgIpc) is 2.52. The molecule has 0 unspecified atom stereocenters. The van der Waals surface area contributed by atoms with Gasteiger partial charge >= 0.3 is 12.0 Å². The summed E-state index contributed by atoms with van der Waals surface area (Å²) in [5.74, 6) is -0.488. The summed E-state index contributed by atoms with van der Waals surface area (Å²) in [7, 11) is 1.26. The summed E-state index contributed by atoms with van der Waals surface area (Å²) in [5, 5.41) is 4.74. The summed E-state index contributed by atoms with van der Waals surface area (Å²) in [6.07, 6.45) is 0.824. The molecule has 0 spiro atoms. The van der Waals surface area contributed by atoms with Gasteiger partial charge in [0.2, 0.25) is 0 Å². The molecule has 0 atom stereocenters. The molecule has 0 heterocycles. The van der Waals surface area contributed by atoms with E-state index in [4.69, 9.17) is 4.74 Å². The molecule has 0 aliphatic rings. The Morgan fingerprint density at radius 3 is 2.52 bits per heavy atom. The van der Waals surface area contributed by atoms with Crippen molar-refractivity contribution in [3.63, 3.8) is 0 Å². The van der Waals surface area contributed by atoms with Gasteiger partial charge in [0, 0.05) is 6.54 Å². The third kappa shape index (κ3) is 6.82. The van der Waals surface area contributed by atoms with Crippen LogP contribution in [0.25, 0.3) is 0 Å². The van der Waals surface area contributed by atoms with Crippen molar-refractivity contribution < 1.29 is 23.9 Å². The highest BCUT2D eigenvalue weighted by Gasteiger charge is 2.14. The third-order valence-corrected chi connectivity index (χ3v) is 2.91. The van der Waals surface area contributed by atoms with Gasteiger partial charge in [0.1, 0.15) is 11.3 Å². The van der Waals surface area contributed by atoms with E-state index < -0.39 is 17.9 Å². The number of ether oxygens (including phenoxy) is 2. The zero-order valence-electron chi connectivity index (χ0n) is 13.5. The maximum atomic E-state index is 11.7. The van der Waals surface area contributed by atoms with Crippen LogP contribution in [0.2, 0.25) is 0 Å². The van der Waals surface area contributed by atoms with Crippen LogP contribution >= 0.6 is 0 Å². The lowest BCUT2D eigenvalue weighted by molar-refractivity contribution is -0.122. The Balaban J connectivity index is 2.45. The minimum absolute atomic E-state index is 0.212. The van der Waals surface area contributed by atoms with Crippen molar-refractivity contribution in [1.29, 1.82) is 0 Å². The molecule has 0 aliphatic carbocycles. The van der Waals surface area contributed by atoms with Crippen LogP contribution in [0.15, 0.2) is 24.3 Å². The van der Waals surface area contributed by atoms with Crippen molar-refractivity contribution in [3.8, 4) is 5.75 Å². The predicted molar refractivity (Wildman–Crippen MR) is 84.3 cm³/mol. The average molecular weight is 322 g/mol. The molecule has 0 saturated carbocycles. The highest BCUT2D eigenvalue weighted by atomic mass is 16.5. The van der Waals surface area contributed by atoms with E-state index in [1.54, 1.807) is 18.2 Å². The van der Waals surface area contributed by atoms with Crippen LogP contribution in [0.4, 0.5) is 4.79 Å². The van der Waals surface area contributed by atoms with E-state index in [0.717, 1.165) is 6.42 Å². The monoisotopic (exact) mass is 322 g/mol. The Morgan fingerprint density at radius 2 is 1.87 bits per heavy atom. The van der Waals surface area contributed by atoms with E-state index in [2.05, 4.69) is 15.4 Å². The number of rotatable bonds is 7. The third-order valence-electron chi connectivity index (χ3n) is 2.91. The van der Waals surface area contributed by atoms with E-state index in [1.807, 2.05) is 13.8 Å². The van der Waals surface area contributed by atoms with Crippen LogP contribution < -0.4 is 15.4 Å². The van der Waals surface area contributed by atoms with Crippen molar-refractivity contribution in [2.24, 2.45) is 5.92 Å². The number of amides is 3. The molecule has 1 aromatic rings. The number of benzene rings is 1. The number of carbonyl (C=O) groups is 3. The van der Waals surface area contributed by atoms with Crippen molar-refractivity contribution in [3.05, 3.63) is 29.8 Å². The normalized spacial score (nSPS) is 10.1. The Morgan fingerprint density at radius 1 is 1.17 bits per heavy atom. The number of urea groups is 1. The maximum Gasteiger partial charge on any atom is 0.341 e. The Labute approximate surface area is 135 Å². The molecule has 0 aliphatic heterocycles. The van der Waals surface area contributed by atoms with Gasteiger partial charge in [-0.1, -0.05) is 26.0 Å². The molecule has 0 bridgehead atoms. The Hall–Kier alpha value is -2.57. The zero-order chi connectivity index (χ0) is 17.2. The first-order valence-electron chi connectivity index (χ1n) is 7.31. The standard InChI is InChI=1S/C16H22N2O5/c1-11(2)8-9-17-16(21)18-14(19)10-23-13-7-5-4-6-12(13)15(20)22-3/h4-7,11H,8-10H2,1-3H3,(H2,17,18,19,21). The van der Waals surface area contributed by atoms with E-state index >= 15 is 0 Å². The van der Waals surface area contributed by atoms with Gasteiger partial charge in [-0.15, -0.1) is 0 Å². The second-order valence-corrected chi connectivity index (χ2v) is 5.26. The van der Waals surface area contributed by atoms with Crippen LogP contribution in [0, 0.1) is 5.92 Å². The molecule has 0 fully saturated rings. The molecule has 0 radical (unpaired) electrons. The second-order valence-electron chi connectivity index (χ2n) is 5.26. The summed E-state index contributed by atoms with van der Waals surface area (Å²) >= 11 is 0. The van der Waals surface area contributed by atoms with Crippen LogP contribution in [0.5, 0.6) is 5.75 Å². The number of carbonyl (C=O) groups excluding carboxylic acids is 3. The number of hydrogen-bond donors (Lipinski definition) is 2. The van der Waals surface area contributed by atoms with Gasteiger partial charge in [-0.2, -0.15) is 0 Å². The lowest BCUT2D eigenvalue weighted by atomic mass is 10.1. The first-order chi connectivity index (χ1) is 10.9. The van der Waals surface area contributed by atoms with Gasteiger partial charge in [-0.05, 0) is 24.5 Å². The molecule has 1 aromatic carbocycles. The fourth-order valence-electron chi connectivity index (χ4n) is 1.70. The highest BCUT2D eigenvalue weighted by Crippen LogP contribution is 2.18. The van der Waals surface area contributed by atoms with Crippen molar-refractivity contribution >= 4 is 17.9 Å². The predicted octanol–water partition coefficient (Wildman–Crippen LogP) is 1.72. The molecule has 7 nitrogen and oxygen atoms in total. The van der Waals surface area contributed by atoms with E-state index in [1.165, 1.54) is 13.2 Å². The van der Waals surface area contributed by atoms with Crippen molar-refractivity contribution in [2.45, 2.75) is 20.3 Å².